The monoisotopic (exact) mass is 298 g/mol. The fourth-order valence-electron chi connectivity index (χ4n) is 1.84. The van der Waals surface area contributed by atoms with E-state index in [0.29, 0.717) is 17.8 Å². The summed E-state index contributed by atoms with van der Waals surface area (Å²) in [6, 6.07) is 1.75. The first kappa shape index (κ1) is 14.6. The second-order valence-electron chi connectivity index (χ2n) is 4.75. The van der Waals surface area contributed by atoms with Crippen LogP contribution in [0.4, 0.5) is 0 Å². The van der Waals surface area contributed by atoms with Crippen LogP contribution in [-0.2, 0) is 0 Å². The predicted molar refractivity (Wildman–Crippen MR) is 79.5 cm³/mol. The second-order valence-corrected chi connectivity index (χ2v) is 7.16. The maximum absolute atomic E-state index is 12.0. The van der Waals surface area contributed by atoms with Crippen LogP contribution in [0.2, 0.25) is 0 Å². The molecule has 0 saturated heterocycles. The minimum atomic E-state index is -0.0634. The molecule has 0 atom stereocenters. The van der Waals surface area contributed by atoms with Crippen LogP contribution < -0.4 is 5.32 Å². The lowest BCUT2D eigenvalue weighted by Crippen LogP contribution is -2.26. The first-order valence-electron chi connectivity index (χ1n) is 6.30. The number of thiophene rings is 1. The summed E-state index contributed by atoms with van der Waals surface area (Å²) in [4.78, 5) is 26.4. The van der Waals surface area contributed by atoms with Gasteiger partial charge in [0.05, 0.1) is 9.09 Å². The molecule has 6 heteroatoms. The Morgan fingerprint density at radius 3 is 2.95 bits per heavy atom. The molecule has 2 rings (SSSR count). The summed E-state index contributed by atoms with van der Waals surface area (Å²) in [6.07, 6.45) is 1.51. The molecule has 1 aromatic heterocycles. The van der Waals surface area contributed by atoms with E-state index in [1.165, 1.54) is 11.3 Å². The van der Waals surface area contributed by atoms with Crippen LogP contribution in [0.25, 0.3) is 0 Å². The summed E-state index contributed by atoms with van der Waals surface area (Å²) < 4.78 is 0.995. The molecule has 1 aliphatic rings. The molecule has 4 nitrogen and oxygen atoms in total. The standard InChI is InChI=1S/C13H18N2O2S2/c1-15(2)6-3-5-14-12(17)11-8-9-10(16)4-7-18-13(9)19-11/h8H,3-7H2,1-2H3,(H,14,17). The van der Waals surface area contributed by atoms with Gasteiger partial charge in [-0.3, -0.25) is 9.59 Å². The normalized spacial score (nSPS) is 14.6. The van der Waals surface area contributed by atoms with Gasteiger partial charge >= 0.3 is 0 Å². The molecule has 0 radical (unpaired) electrons. The fraction of sp³-hybridized carbons (Fsp3) is 0.538. The van der Waals surface area contributed by atoms with Crippen molar-refractivity contribution in [2.45, 2.75) is 17.1 Å². The van der Waals surface area contributed by atoms with E-state index in [1.807, 2.05) is 14.1 Å². The van der Waals surface area contributed by atoms with Crippen LogP contribution >= 0.6 is 23.1 Å². The topological polar surface area (TPSA) is 49.4 Å². The quantitative estimate of drug-likeness (QED) is 0.846. The Morgan fingerprint density at radius 1 is 1.47 bits per heavy atom. The number of carbonyl (C=O) groups excluding carboxylic acids is 2. The van der Waals surface area contributed by atoms with Gasteiger partial charge in [-0.05, 0) is 33.1 Å². The van der Waals surface area contributed by atoms with Gasteiger partial charge < -0.3 is 10.2 Å². The number of nitrogens with one attached hydrogen (secondary N) is 1. The van der Waals surface area contributed by atoms with Crippen molar-refractivity contribution >= 4 is 34.8 Å². The Hall–Kier alpha value is -0.850. The molecule has 1 N–H and O–H groups in total. The van der Waals surface area contributed by atoms with E-state index in [-0.39, 0.29) is 11.7 Å². The number of Topliss-reactive ketones (excluding diaryl/α,β-unsaturated/α-hetero) is 1. The summed E-state index contributed by atoms with van der Waals surface area (Å²) in [5.74, 6) is 0.930. The Labute approximate surface area is 121 Å². The van der Waals surface area contributed by atoms with Gasteiger partial charge in [0.2, 0.25) is 0 Å². The molecular weight excluding hydrogens is 280 g/mol. The second kappa shape index (κ2) is 6.54. The van der Waals surface area contributed by atoms with Crippen molar-refractivity contribution in [1.29, 1.82) is 0 Å². The van der Waals surface area contributed by atoms with Gasteiger partial charge in [-0.2, -0.15) is 0 Å². The minimum Gasteiger partial charge on any atom is -0.351 e. The Kier molecular flexibility index (Phi) is 5.01. The van der Waals surface area contributed by atoms with Crippen molar-refractivity contribution < 1.29 is 9.59 Å². The number of carbonyl (C=O) groups is 2. The molecule has 0 fully saturated rings. The largest absolute Gasteiger partial charge is 0.351 e. The van der Waals surface area contributed by atoms with Crippen LogP contribution in [0, 0.1) is 0 Å². The summed E-state index contributed by atoms with van der Waals surface area (Å²) in [5, 5.41) is 2.90. The molecule has 2 heterocycles. The van der Waals surface area contributed by atoms with Gasteiger partial charge in [0, 0.05) is 24.3 Å². The molecule has 0 bridgehead atoms. The molecule has 0 aromatic carbocycles. The van der Waals surface area contributed by atoms with Gasteiger partial charge in [0.15, 0.2) is 5.78 Å². The summed E-state index contributed by atoms with van der Waals surface area (Å²) in [5.41, 5.74) is 0.736. The predicted octanol–water partition coefficient (Wildman–Crippen LogP) is 2.11. The van der Waals surface area contributed by atoms with Gasteiger partial charge in [0.25, 0.3) is 5.91 Å². The highest BCUT2D eigenvalue weighted by Crippen LogP contribution is 2.36. The number of hydrogen-bond acceptors (Lipinski definition) is 5. The van der Waals surface area contributed by atoms with Crippen molar-refractivity contribution in [3.63, 3.8) is 0 Å². The van der Waals surface area contributed by atoms with Crippen molar-refractivity contribution in [3.8, 4) is 0 Å². The maximum atomic E-state index is 12.0. The van der Waals surface area contributed by atoms with Gasteiger partial charge in [-0.25, -0.2) is 0 Å². The smallest absolute Gasteiger partial charge is 0.261 e. The maximum Gasteiger partial charge on any atom is 0.261 e. The zero-order valence-corrected chi connectivity index (χ0v) is 12.8. The van der Waals surface area contributed by atoms with Gasteiger partial charge in [0.1, 0.15) is 0 Å². The van der Waals surface area contributed by atoms with E-state index in [9.17, 15) is 9.59 Å². The van der Waals surface area contributed by atoms with Crippen LogP contribution in [0.1, 0.15) is 32.9 Å². The zero-order chi connectivity index (χ0) is 13.8. The highest BCUT2D eigenvalue weighted by Gasteiger charge is 2.23. The van der Waals surface area contributed by atoms with E-state index in [2.05, 4.69) is 10.2 Å². The van der Waals surface area contributed by atoms with Crippen molar-refractivity contribution in [3.05, 3.63) is 16.5 Å². The van der Waals surface area contributed by atoms with E-state index < -0.39 is 0 Å². The molecule has 0 saturated carbocycles. The van der Waals surface area contributed by atoms with Crippen LogP contribution in [0.3, 0.4) is 0 Å². The summed E-state index contributed by atoms with van der Waals surface area (Å²) >= 11 is 3.11. The Morgan fingerprint density at radius 2 is 2.26 bits per heavy atom. The van der Waals surface area contributed by atoms with E-state index in [4.69, 9.17) is 0 Å². The SMILES string of the molecule is CN(C)CCCNC(=O)c1cc2c(s1)SCCC2=O. The highest BCUT2D eigenvalue weighted by atomic mass is 32.2. The van der Waals surface area contributed by atoms with E-state index in [0.717, 1.165) is 28.5 Å². The lowest BCUT2D eigenvalue weighted by molar-refractivity contribution is 0.0956. The number of nitrogens with zero attached hydrogens (tertiary/aromatic N) is 1. The zero-order valence-electron chi connectivity index (χ0n) is 11.2. The number of rotatable bonds is 5. The third-order valence-electron chi connectivity index (χ3n) is 2.85. The highest BCUT2D eigenvalue weighted by molar-refractivity contribution is 8.01. The molecule has 0 spiro atoms. The Bertz CT molecular complexity index is 483. The molecule has 104 valence electrons. The van der Waals surface area contributed by atoms with Crippen LogP contribution in [0.15, 0.2) is 10.3 Å². The first-order valence-corrected chi connectivity index (χ1v) is 8.11. The molecule has 1 aromatic rings. The average molecular weight is 298 g/mol. The summed E-state index contributed by atoms with van der Waals surface area (Å²) in [7, 11) is 4.02. The molecule has 19 heavy (non-hydrogen) atoms. The lowest BCUT2D eigenvalue weighted by atomic mass is 10.1. The molecule has 1 amide bonds. The molecule has 0 aliphatic carbocycles. The molecule has 0 unspecified atom stereocenters. The van der Waals surface area contributed by atoms with Crippen molar-refractivity contribution in [1.82, 2.24) is 10.2 Å². The van der Waals surface area contributed by atoms with Crippen LogP contribution in [0.5, 0.6) is 0 Å². The van der Waals surface area contributed by atoms with Gasteiger partial charge in [-0.1, -0.05) is 0 Å². The Balaban J connectivity index is 1.91. The van der Waals surface area contributed by atoms with Crippen molar-refractivity contribution in [2.24, 2.45) is 0 Å². The third kappa shape index (κ3) is 3.81. The minimum absolute atomic E-state index is 0.0634. The summed E-state index contributed by atoms with van der Waals surface area (Å²) in [6.45, 7) is 1.62. The van der Waals surface area contributed by atoms with E-state index in [1.54, 1.807) is 17.8 Å². The van der Waals surface area contributed by atoms with Gasteiger partial charge in [-0.15, -0.1) is 23.1 Å². The number of amides is 1. The lowest BCUT2D eigenvalue weighted by Gasteiger charge is -2.09. The third-order valence-corrected chi connectivity index (χ3v) is 5.27. The molecular formula is C13H18N2O2S2. The first-order chi connectivity index (χ1) is 9.08. The number of fused-ring (bicyclic) bond motifs is 1. The molecule has 1 aliphatic heterocycles. The van der Waals surface area contributed by atoms with Crippen LogP contribution in [-0.4, -0.2) is 49.5 Å². The number of ketones is 1. The van der Waals surface area contributed by atoms with E-state index >= 15 is 0 Å². The number of thioether (sulfide) groups is 1. The average Bonchev–Trinajstić information content (AvgIpc) is 2.79. The van der Waals surface area contributed by atoms with Crippen molar-refractivity contribution in [2.75, 3.05) is 32.9 Å². The number of hydrogen-bond donors (Lipinski definition) is 1. The fourth-order valence-corrected chi connectivity index (χ4v) is 4.22.